The fourth-order valence-electron chi connectivity index (χ4n) is 1.23. The van der Waals surface area contributed by atoms with Crippen LogP contribution in [0.25, 0.3) is 0 Å². The molecule has 0 fully saturated rings. The van der Waals surface area contributed by atoms with Gasteiger partial charge in [0, 0.05) is 6.54 Å². The van der Waals surface area contributed by atoms with Crippen molar-refractivity contribution in [1.29, 1.82) is 0 Å². The van der Waals surface area contributed by atoms with Gasteiger partial charge in [-0.15, -0.1) is 0 Å². The molecule has 0 aliphatic carbocycles. The molecule has 7 heteroatoms. The molecule has 1 aromatic carbocycles. The van der Waals surface area contributed by atoms with E-state index in [-0.39, 0.29) is 18.5 Å². The highest BCUT2D eigenvalue weighted by atomic mass is 19.3. The van der Waals surface area contributed by atoms with Crippen molar-refractivity contribution >= 4 is 5.91 Å². The van der Waals surface area contributed by atoms with E-state index in [2.05, 4.69) is 0 Å². The Morgan fingerprint density at radius 2 is 1.89 bits per heavy atom. The summed E-state index contributed by atoms with van der Waals surface area (Å²) in [7, 11) is 0. The van der Waals surface area contributed by atoms with E-state index in [9.17, 15) is 26.7 Å². The highest BCUT2D eigenvalue weighted by molar-refractivity contribution is 5.83. The smallest absolute Gasteiger partial charge is 0.350 e. The number of rotatable bonds is 5. The van der Waals surface area contributed by atoms with Gasteiger partial charge < -0.3 is 5.32 Å². The summed E-state index contributed by atoms with van der Waals surface area (Å²) in [5, 5.41) is 1.64. The Morgan fingerprint density at radius 3 is 2.44 bits per heavy atom. The van der Waals surface area contributed by atoms with E-state index in [0.717, 1.165) is 0 Å². The third-order valence-electron chi connectivity index (χ3n) is 2.21. The van der Waals surface area contributed by atoms with Crippen molar-refractivity contribution in [3.8, 4) is 0 Å². The average Bonchev–Trinajstić information content (AvgIpc) is 2.31. The van der Waals surface area contributed by atoms with Crippen LogP contribution in [0.5, 0.6) is 0 Å². The van der Waals surface area contributed by atoms with Gasteiger partial charge in [0.1, 0.15) is 5.82 Å². The SMILES string of the molecule is O=C(NCCc1ccccc1F)C(F)(F)C(F)F. The van der Waals surface area contributed by atoms with Crippen molar-refractivity contribution in [1.82, 2.24) is 5.32 Å². The van der Waals surface area contributed by atoms with Crippen molar-refractivity contribution in [2.75, 3.05) is 6.54 Å². The quantitative estimate of drug-likeness (QED) is 0.815. The number of amides is 1. The largest absolute Gasteiger partial charge is 0.383 e. The maximum atomic E-state index is 13.1. The van der Waals surface area contributed by atoms with E-state index in [1.165, 1.54) is 24.3 Å². The Kier molecular flexibility index (Phi) is 4.63. The molecule has 100 valence electrons. The first-order chi connectivity index (χ1) is 8.35. The van der Waals surface area contributed by atoms with Crippen LogP contribution in [0.2, 0.25) is 0 Å². The summed E-state index contributed by atoms with van der Waals surface area (Å²) in [6, 6.07) is 5.56. The summed E-state index contributed by atoms with van der Waals surface area (Å²) < 4.78 is 61.7. The molecule has 0 aliphatic heterocycles. The number of carbonyl (C=O) groups excluding carboxylic acids is 1. The third-order valence-corrected chi connectivity index (χ3v) is 2.21. The predicted molar refractivity (Wildman–Crippen MR) is 54.1 cm³/mol. The third kappa shape index (κ3) is 3.41. The lowest BCUT2D eigenvalue weighted by atomic mass is 10.1. The van der Waals surface area contributed by atoms with Crippen molar-refractivity contribution in [3.05, 3.63) is 35.6 Å². The molecular formula is C11H10F5NO. The van der Waals surface area contributed by atoms with E-state index >= 15 is 0 Å². The number of nitrogens with one attached hydrogen (secondary N) is 1. The summed E-state index contributed by atoms with van der Waals surface area (Å²) in [6.07, 6.45) is -4.12. The van der Waals surface area contributed by atoms with Crippen LogP contribution in [0.4, 0.5) is 22.0 Å². The standard InChI is InChI=1S/C11H10F5NO/c12-8-4-2-1-3-7(8)5-6-17-10(18)11(15,16)9(13)14/h1-4,9H,5-6H2,(H,17,18). The van der Waals surface area contributed by atoms with Crippen molar-refractivity contribution < 1.29 is 26.7 Å². The highest BCUT2D eigenvalue weighted by Crippen LogP contribution is 2.22. The molecule has 0 saturated carbocycles. The van der Waals surface area contributed by atoms with Crippen LogP contribution in [0.3, 0.4) is 0 Å². The molecule has 0 unspecified atom stereocenters. The monoisotopic (exact) mass is 267 g/mol. The zero-order valence-corrected chi connectivity index (χ0v) is 9.10. The first-order valence-corrected chi connectivity index (χ1v) is 5.03. The van der Waals surface area contributed by atoms with E-state index < -0.39 is 24.1 Å². The number of halogens is 5. The van der Waals surface area contributed by atoms with Gasteiger partial charge in [-0.05, 0) is 18.1 Å². The topological polar surface area (TPSA) is 29.1 Å². The summed E-state index contributed by atoms with van der Waals surface area (Å²) in [5.74, 6) is -7.34. The molecule has 1 amide bonds. The zero-order valence-electron chi connectivity index (χ0n) is 9.10. The van der Waals surface area contributed by atoms with Crippen LogP contribution in [-0.4, -0.2) is 24.8 Å². The molecule has 1 aromatic rings. The molecule has 0 aromatic heterocycles. The Bertz CT molecular complexity index is 422. The Hall–Kier alpha value is -1.66. The molecule has 1 rings (SSSR count). The van der Waals surface area contributed by atoms with Gasteiger partial charge in [-0.3, -0.25) is 4.79 Å². The van der Waals surface area contributed by atoms with Crippen LogP contribution in [-0.2, 0) is 11.2 Å². The molecule has 18 heavy (non-hydrogen) atoms. The average molecular weight is 267 g/mol. The van der Waals surface area contributed by atoms with Crippen LogP contribution >= 0.6 is 0 Å². The van der Waals surface area contributed by atoms with Crippen molar-refractivity contribution in [2.45, 2.75) is 18.8 Å². The number of benzene rings is 1. The molecule has 0 radical (unpaired) electrons. The summed E-state index contributed by atoms with van der Waals surface area (Å²) in [4.78, 5) is 10.7. The molecule has 0 spiro atoms. The normalized spacial score (nSPS) is 11.7. The Morgan fingerprint density at radius 1 is 1.28 bits per heavy atom. The van der Waals surface area contributed by atoms with Gasteiger partial charge in [0.05, 0.1) is 0 Å². The zero-order chi connectivity index (χ0) is 13.8. The fourth-order valence-corrected chi connectivity index (χ4v) is 1.23. The lowest BCUT2D eigenvalue weighted by molar-refractivity contribution is -0.169. The first-order valence-electron chi connectivity index (χ1n) is 5.03. The van der Waals surface area contributed by atoms with Crippen molar-refractivity contribution in [3.63, 3.8) is 0 Å². The van der Waals surface area contributed by atoms with Gasteiger partial charge in [-0.2, -0.15) is 8.78 Å². The molecule has 1 N–H and O–H groups in total. The van der Waals surface area contributed by atoms with Gasteiger partial charge in [-0.25, -0.2) is 13.2 Å². The van der Waals surface area contributed by atoms with Gasteiger partial charge in [0.15, 0.2) is 0 Å². The molecular weight excluding hydrogens is 257 g/mol. The van der Waals surface area contributed by atoms with E-state index in [4.69, 9.17) is 0 Å². The second-order valence-electron chi connectivity index (χ2n) is 3.52. The van der Waals surface area contributed by atoms with Gasteiger partial charge in [-0.1, -0.05) is 18.2 Å². The molecule has 0 saturated heterocycles. The van der Waals surface area contributed by atoms with Gasteiger partial charge in [0.2, 0.25) is 0 Å². The second kappa shape index (κ2) is 5.79. The lowest BCUT2D eigenvalue weighted by Crippen LogP contribution is -2.45. The minimum Gasteiger partial charge on any atom is -0.350 e. The van der Waals surface area contributed by atoms with Crippen LogP contribution in [0.1, 0.15) is 5.56 Å². The molecule has 2 nitrogen and oxygen atoms in total. The van der Waals surface area contributed by atoms with E-state index in [1.807, 2.05) is 0 Å². The number of hydrogen-bond acceptors (Lipinski definition) is 1. The van der Waals surface area contributed by atoms with Crippen LogP contribution < -0.4 is 5.32 Å². The Labute approximate surface area is 99.8 Å². The maximum Gasteiger partial charge on any atom is 0.383 e. The van der Waals surface area contributed by atoms with Gasteiger partial charge in [0.25, 0.3) is 5.91 Å². The molecule has 0 atom stereocenters. The highest BCUT2D eigenvalue weighted by Gasteiger charge is 2.48. The Balaban J connectivity index is 2.48. The number of hydrogen-bond donors (Lipinski definition) is 1. The number of alkyl halides is 4. The number of carbonyl (C=O) groups is 1. The fraction of sp³-hybridized carbons (Fsp3) is 0.364. The lowest BCUT2D eigenvalue weighted by Gasteiger charge is -2.14. The molecule has 0 bridgehead atoms. The van der Waals surface area contributed by atoms with Gasteiger partial charge >= 0.3 is 12.3 Å². The van der Waals surface area contributed by atoms with E-state index in [0.29, 0.717) is 0 Å². The summed E-state index contributed by atoms with van der Waals surface area (Å²) in [5.41, 5.74) is 0.207. The van der Waals surface area contributed by atoms with Crippen LogP contribution in [0, 0.1) is 5.82 Å². The minimum atomic E-state index is -4.73. The molecule has 0 aliphatic rings. The predicted octanol–water partition coefficient (Wildman–Crippen LogP) is 2.38. The summed E-state index contributed by atoms with van der Waals surface area (Å²) in [6.45, 7) is -0.345. The van der Waals surface area contributed by atoms with Crippen molar-refractivity contribution in [2.24, 2.45) is 0 Å². The van der Waals surface area contributed by atoms with E-state index in [1.54, 1.807) is 5.32 Å². The first kappa shape index (κ1) is 14.4. The maximum absolute atomic E-state index is 13.1. The van der Waals surface area contributed by atoms with Crippen LogP contribution in [0.15, 0.2) is 24.3 Å². The molecule has 0 heterocycles. The second-order valence-corrected chi connectivity index (χ2v) is 3.52. The summed E-state index contributed by atoms with van der Waals surface area (Å²) >= 11 is 0. The minimum absolute atomic E-state index is 0.0578.